The molecule has 0 atom stereocenters. The molecule has 0 saturated heterocycles. The molecule has 12 heavy (non-hydrogen) atoms. The second-order valence-electron chi connectivity index (χ2n) is 2.00. The molecule has 0 unspecified atom stereocenters. The van der Waals surface area contributed by atoms with Crippen LogP contribution < -0.4 is 56.1 Å². The molecule has 0 radical (unpaired) electrons. The van der Waals surface area contributed by atoms with Crippen LogP contribution in [0.2, 0.25) is 0 Å². The van der Waals surface area contributed by atoms with Crippen LogP contribution in [0.4, 0.5) is 0 Å². The molecule has 0 bridgehead atoms. The molecule has 1 aromatic rings. The van der Waals surface area contributed by atoms with E-state index in [1.807, 2.05) is 6.07 Å². The number of benzene rings is 1. The van der Waals surface area contributed by atoms with Gasteiger partial charge in [0.15, 0.2) is 6.61 Å². The summed E-state index contributed by atoms with van der Waals surface area (Å²) >= 11 is 0. The molecular weight excluding hydrogens is 183 g/mol. The Morgan fingerprint density at radius 1 is 1.33 bits per heavy atom. The van der Waals surface area contributed by atoms with Crippen LogP contribution in [0.1, 0.15) is 0 Å². The first-order valence-electron chi connectivity index (χ1n) is 3.18. The van der Waals surface area contributed by atoms with Crippen molar-refractivity contribution in [3.05, 3.63) is 30.3 Å². The summed E-state index contributed by atoms with van der Waals surface area (Å²) < 4.78 is 4.87. The van der Waals surface area contributed by atoms with E-state index >= 15 is 0 Å². The van der Waals surface area contributed by atoms with E-state index in [1.54, 1.807) is 24.3 Å². The van der Waals surface area contributed by atoms with Crippen molar-refractivity contribution >= 4 is 5.97 Å². The zero-order valence-corrected chi connectivity index (χ0v) is 9.98. The van der Waals surface area contributed by atoms with Crippen molar-refractivity contribution in [3.8, 4) is 5.75 Å². The van der Waals surface area contributed by atoms with E-state index in [-0.39, 0.29) is 58.0 Å². The van der Waals surface area contributed by atoms with Crippen LogP contribution in [-0.2, 0) is 4.79 Å². The van der Waals surface area contributed by atoms with Gasteiger partial charge < -0.3 is 9.84 Å². The molecule has 0 saturated carbocycles. The van der Waals surface area contributed by atoms with Crippen LogP contribution in [0.3, 0.4) is 0 Å². The van der Waals surface area contributed by atoms with Gasteiger partial charge in [-0.3, -0.25) is 0 Å². The molecule has 0 aliphatic rings. The van der Waals surface area contributed by atoms with Gasteiger partial charge in [-0.15, -0.1) is 0 Å². The van der Waals surface area contributed by atoms with Crippen LogP contribution in [0.5, 0.6) is 5.75 Å². The number of hydrogen-bond acceptors (Lipinski definition) is 2. The predicted molar refractivity (Wildman–Crippen MR) is 39.6 cm³/mol. The number of aliphatic carboxylic acids is 1. The molecule has 0 amide bonds. The molecular formula is C8H8KO3+. The standard InChI is InChI=1S/C8H8O3.K/c9-8(10)6-11-7-4-2-1-3-5-7;/h1-5H,6H2,(H,9,10);/q;+1. The fourth-order valence-corrected chi connectivity index (χ4v) is 0.662. The second kappa shape index (κ2) is 6.62. The van der Waals surface area contributed by atoms with Crippen LogP contribution in [0, 0.1) is 0 Å². The van der Waals surface area contributed by atoms with Crippen molar-refractivity contribution in [1.82, 2.24) is 0 Å². The van der Waals surface area contributed by atoms with E-state index < -0.39 is 5.97 Å². The predicted octanol–water partition coefficient (Wildman–Crippen LogP) is -1.85. The SMILES string of the molecule is O=C(O)COc1ccccc1.[K+]. The molecule has 0 spiro atoms. The van der Waals surface area contributed by atoms with Gasteiger partial charge in [0.05, 0.1) is 0 Å². The monoisotopic (exact) mass is 191 g/mol. The third-order valence-electron chi connectivity index (χ3n) is 1.11. The van der Waals surface area contributed by atoms with Crippen LogP contribution in [0.15, 0.2) is 30.3 Å². The number of ether oxygens (including phenoxy) is 1. The molecule has 0 aliphatic heterocycles. The number of carboxylic acid groups (broad SMARTS) is 1. The Morgan fingerprint density at radius 2 is 1.92 bits per heavy atom. The van der Waals surface area contributed by atoms with Gasteiger partial charge in [0, 0.05) is 0 Å². The van der Waals surface area contributed by atoms with Gasteiger partial charge in [-0.05, 0) is 12.1 Å². The molecule has 0 heterocycles. The maximum absolute atomic E-state index is 10.0. The number of rotatable bonds is 3. The van der Waals surface area contributed by atoms with Gasteiger partial charge in [0.1, 0.15) is 5.75 Å². The van der Waals surface area contributed by atoms with E-state index in [9.17, 15) is 4.79 Å². The zero-order chi connectivity index (χ0) is 8.10. The minimum atomic E-state index is -0.964. The largest absolute Gasteiger partial charge is 1.00 e. The van der Waals surface area contributed by atoms with E-state index in [4.69, 9.17) is 9.84 Å². The number of hydrogen-bond donors (Lipinski definition) is 1. The average molecular weight is 191 g/mol. The van der Waals surface area contributed by atoms with E-state index in [1.165, 1.54) is 0 Å². The van der Waals surface area contributed by atoms with Crippen molar-refractivity contribution in [2.45, 2.75) is 0 Å². The van der Waals surface area contributed by atoms with Gasteiger partial charge in [-0.25, -0.2) is 4.79 Å². The Labute approximate surface area is 113 Å². The molecule has 0 fully saturated rings. The minimum Gasteiger partial charge on any atom is -0.482 e. The summed E-state index contributed by atoms with van der Waals surface area (Å²) in [6, 6.07) is 8.84. The molecule has 0 aliphatic carbocycles. The molecule has 3 nitrogen and oxygen atoms in total. The van der Waals surface area contributed by atoms with Crippen molar-refractivity contribution in [2.75, 3.05) is 6.61 Å². The Morgan fingerprint density at radius 3 is 2.42 bits per heavy atom. The summed E-state index contributed by atoms with van der Waals surface area (Å²) in [4.78, 5) is 10.0. The topological polar surface area (TPSA) is 46.5 Å². The van der Waals surface area contributed by atoms with Gasteiger partial charge >= 0.3 is 57.4 Å². The minimum absolute atomic E-state index is 0. The van der Waals surface area contributed by atoms with Crippen LogP contribution in [-0.4, -0.2) is 17.7 Å². The molecule has 1 aromatic carbocycles. The first kappa shape index (κ1) is 12.1. The molecule has 0 aromatic heterocycles. The van der Waals surface area contributed by atoms with E-state index in [0.717, 1.165) is 0 Å². The zero-order valence-electron chi connectivity index (χ0n) is 6.86. The number of carbonyl (C=O) groups is 1. The Bertz CT molecular complexity index is 235. The summed E-state index contributed by atoms with van der Waals surface area (Å²) in [7, 11) is 0. The summed E-state index contributed by atoms with van der Waals surface area (Å²) in [6.45, 7) is -0.288. The van der Waals surface area contributed by atoms with Crippen molar-refractivity contribution in [2.24, 2.45) is 0 Å². The van der Waals surface area contributed by atoms with E-state index in [2.05, 4.69) is 0 Å². The Hall–Kier alpha value is 0.126. The molecule has 1 rings (SSSR count). The van der Waals surface area contributed by atoms with Crippen LogP contribution in [0.25, 0.3) is 0 Å². The number of para-hydroxylation sites is 1. The number of carboxylic acids is 1. The van der Waals surface area contributed by atoms with Crippen molar-refractivity contribution in [1.29, 1.82) is 0 Å². The van der Waals surface area contributed by atoms with Crippen molar-refractivity contribution in [3.63, 3.8) is 0 Å². The maximum Gasteiger partial charge on any atom is 1.00 e. The molecule has 1 N–H and O–H groups in total. The summed E-state index contributed by atoms with van der Waals surface area (Å²) in [5.41, 5.74) is 0. The third-order valence-corrected chi connectivity index (χ3v) is 1.11. The molecule has 58 valence electrons. The molecule has 4 heteroatoms. The fraction of sp³-hybridized carbons (Fsp3) is 0.125. The van der Waals surface area contributed by atoms with Crippen LogP contribution >= 0.6 is 0 Å². The summed E-state index contributed by atoms with van der Waals surface area (Å²) in [5, 5.41) is 8.25. The summed E-state index contributed by atoms with van der Waals surface area (Å²) in [6.07, 6.45) is 0. The fourth-order valence-electron chi connectivity index (χ4n) is 0.662. The third kappa shape index (κ3) is 4.90. The Kier molecular flexibility index (Phi) is 6.69. The van der Waals surface area contributed by atoms with Gasteiger partial charge in [-0.1, -0.05) is 18.2 Å². The quantitative estimate of drug-likeness (QED) is 0.571. The maximum atomic E-state index is 10.0. The average Bonchev–Trinajstić information content (AvgIpc) is 2.03. The normalized spacial score (nSPS) is 8.33. The smallest absolute Gasteiger partial charge is 0.482 e. The first-order valence-corrected chi connectivity index (χ1v) is 3.18. The second-order valence-corrected chi connectivity index (χ2v) is 2.00. The summed E-state index contributed by atoms with van der Waals surface area (Å²) in [5.74, 6) is -0.385. The van der Waals surface area contributed by atoms with Gasteiger partial charge in [0.2, 0.25) is 0 Å². The first-order chi connectivity index (χ1) is 5.29. The Balaban J connectivity index is 0.00000121. The van der Waals surface area contributed by atoms with Gasteiger partial charge in [-0.2, -0.15) is 0 Å². The van der Waals surface area contributed by atoms with Crippen molar-refractivity contribution < 1.29 is 66.0 Å². The van der Waals surface area contributed by atoms with Gasteiger partial charge in [0.25, 0.3) is 0 Å². The van der Waals surface area contributed by atoms with E-state index in [0.29, 0.717) is 5.75 Å².